The molecule has 0 unspecified atom stereocenters. The van der Waals surface area contributed by atoms with Crippen molar-refractivity contribution in [1.82, 2.24) is 4.90 Å². The summed E-state index contributed by atoms with van der Waals surface area (Å²) < 4.78 is 12.0. The summed E-state index contributed by atoms with van der Waals surface area (Å²) in [6.45, 7) is 5.58. The zero-order valence-electron chi connectivity index (χ0n) is 10.2. The molecule has 1 aromatic rings. The highest BCUT2D eigenvalue weighted by Gasteiger charge is 2.09. The standard InChI is InChI=1S/C13H17ClINO2/c14-12-10-11(2-3-13(12)15)18-7-1-4-16-5-8-17-9-6-16/h2-3,10H,1,4-9H2. The van der Waals surface area contributed by atoms with Gasteiger partial charge in [-0.15, -0.1) is 0 Å². The number of halogens is 2. The third kappa shape index (κ3) is 4.57. The molecule has 1 heterocycles. The lowest BCUT2D eigenvalue weighted by molar-refractivity contribution is 0.0358. The molecular weight excluding hydrogens is 365 g/mol. The van der Waals surface area contributed by atoms with Crippen molar-refractivity contribution in [2.45, 2.75) is 6.42 Å². The average molecular weight is 382 g/mol. The third-order valence-electron chi connectivity index (χ3n) is 2.88. The molecule has 0 radical (unpaired) electrons. The summed E-state index contributed by atoms with van der Waals surface area (Å²) in [7, 11) is 0. The van der Waals surface area contributed by atoms with E-state index in [0.29, 0.717) is 0 Å². The Labute approximate surface area is 127 Å². The van der Waals surface area contributed by atoms with Crippen LogP contribution in [0.4, 0.5) is 0 Å². The molecule has 0 N–H and O–H groups in total. The molecule has 5 heteroatoms. The molecule has 0 spiro atoms. The van der Waals surface area contributed by atoms with Crippen LogP contribution in [0.5, 0.6) is 5.75 Å². The molecule has 1 aliphatic rings. The molecule has 1 fully saturated rings. The van der Waals surface area contributed by atoms with Crippen LogP contribution in [0.25, 0.3) is 0 Å². The Bertz CT molecular complexity index is 383. The quantitative estimate of drug-likeness (QED) is 0.578. The van der Waals surface area contributed by atoms with Gasteiger partial charge in [-0.1, -0.05) is 11.6 Å². The van der Waals surface area contributed by atoms with Gasteiger partial charge in [-0.3, -0.25) is 4.90 Å². The second-order valence-corrected chi connectivity index (χ2v) is 5.80. The average Bonchev–Trinajstić information content (AvgIpc) is 2.40. The zero-order chi connectivity index (χ0) is 12.8. The third-order valence-corrected chi connectivity index (χ3v) is 4.45. The van der Waals surface area contributed by atoms with E-state index in [1.54, 1.807) is 0 Å². The van der Waals surface area contributed by atoms with E-state index in [-0.39, 0.29) is 0 Å². The lowest BCUT2D eigenvalue weighted by Gasteiger charge is -2.26. The van der Waals surface area contributed by atoms with E-state index in [0.717, 1.165) is 60.2 Å². The molecule has 1 aromatic carbocycles. The number of ether oxygens (including phenoxy) is 2. The van der Waals surface area contributed by atoms with Gasteiger partial charge in [0.05, 0.1) is 24.8 Å². The second-order valence-electron chi connectivity index (χ2n) is 4.23. The van der Waals surface area contributed by atoms with Crippen LogP contribution < -0.4 is 4.74 Å². The lowest BCUT2D eigenvalue weighted by Crippen LogP contribution is -2.37. The first-order chi connectivity index (χ1) is 8.75. The molecule has 1 saturated heterocycles. The molecule has 100 valence electrons. The molecule has 2 rings (SSSR count). The molecule has 0 bridgehead atoms. The van der Waals surface area contributed by atoms with Crippen LogP contribution in [0, 0.1) is 3.57 Å². The molecule has 3 nitrogen and oxygen atoms in total. The van der Waals surface area contributed by atoms with E-state index in [1.165, 1.54) is 0 Å². The molecular formula is C13H17ClINO2. The van der Waals surface area contributed by atoms with Gasteiger partial charge in [0.15, 0.2) is 0 Å². The fraction of sp³-hybridized carbons (Fsp3) is 0.538. The largest absolute Gasteiger partial charge is 0.493 e. The van der Waals surface area contributed by atoms with Crippen molar-refractivity contribution in [1.29, 1.82) is 0 Å². The molecule has 0 amide bonds. The Morgan fingerprint density at radius 2 is 2.11 bits per heavy atom. The Morgan fingerprint density at radius 1 is 1.33 bits per heavy atom. The zero-order valence-corrected chi connectivity index (χ0v) is 13.1. The molecule has 0 aromatic heterocycles. The van der Waals surface area contributed by atoms with Crippen molar-refractivity contribution in [3.63, 3.8) is 0 Å². The smallest absolute Gasteiger partial charge is 0.120 e. The lowest BCUT2D eigenvalue weighted by atomic mass is 10.3. The van der Waals surface area contributed by atoms with Gasteiger partial charge in [-0.25, -0.2) is 0 Å². The number of hydrogen-bond donors (Lipinski definition) is 0. The van der Waals surface area contributed by atoms with E-state index in [2.05, 4.69) is 27.5 Å². The SMILES string of the molecule is Clc1cc(OCCCN2CCOCC2)ccc1I. The Hall–Kier alpha value is -0.0400. The van der Waals surface area contributed by atoms with Crippen LogP contribution in [0.3, 0.4) is 0 Å². The number of morpholine rings is 1. The van der Waals surface area contributed by atoms with Crippen LogP contribution in [-0.2, 0) is 4.74 Å². The van der Waals surface area contributed by atoms with E-state index in [9.17, 15) is 0 Å². The highest BCUT2D eigenvalue weighted by molar-refractivity contribution is 14.1. The van der Waals surface area contributed by atoms with Crippen LogP contribution >= 0.6 is 34.2 Å². The summed E-state index contributed by atoms with van der Waals surface area (Å²) in [4.78, 5) is 2.41. The van der Waals surface area contributed by atoms with Crippen molar-refractivity contribution in [2.24, 2.45) is 0 Å². The predicted molar refractivity (Wildman–Crippen MR) is 81.5 cm³/mol. The monoisotopic (exact) mass is 381 g/mol. The maximum Gasteiger partial charge on any atom is 0.120 e. The van der Waals surface area contributed by atoms with Gasteiger partial charge in [0, 0.05) is 23.2 Å². The minimum Gasteiger partial charge on any atom is -0.493 e. The van der Waals surface area contributed by atoms with Crippen molar-refractivity contribution < 1.29 is 9.47 Å². The van der Waals surface area contributed by atoms with E-state index < -0.39 is 0 Å². The Morgan fingerprint density at radius 3 is 2.83 bits per heavy atom. The molecule has 0 aliphatic carbocycles. The number of nitrogens with zero attached hydrogens (tertiary/aromatic N) is 1. The van der Waals surface area contributed by atoms with Crippen LogP contribution in [0.2, 0.25) is 5.02 Å². The summed E-state index contributed by atoms with van der Waals surface area (Å²) in [5.41, 5.74) is 0. The molecule has 1 aliphatic heterocycles. The number of hydrogen-bond acceptors (Lipinski definition) is 3. The van der Waals surface area contributed by atoms with Crippen molar-refractivity contribution in [3.8, 4) is 5.75 Å². The normalized spacial score (nSPS) is 16.8. The highest BCUT2D eigenvalue weighted by atomic mass is 127. The fourth-order valence-electron chi connectivity index (χ4n) is 1.87. The number of benzene rings is 1. The van der Waals surface area contributed by atoms with Gasteiger partial charge < -0.3 is 9.47 Å². The van der Waals surface area contributed by atoms with Crippen LogP contribution in [0.1, 0.15) is 6.42 Å². The van der Waals surface area contributed by atoms with Gasteiger partial charge in [0.2, 0.25) is 0 Å². The minimum atomic E-state index is 0.730. The highest BCUT2D eigenvalue weighted by Crippen LogP contribution is 2.23. The predicted octanol–water partition coefficient (Wildman–Crippen LogP) is 3.05. The van der Waals surface area contributed by atoms with Crippen LogP contribution in [-0.4, -0.2) is 44.4 Å². The van der Waals surface area contributed by atoms with Gasteiger partial charge >= 0.3 is 0 Å². The molecule has 0 atom stereocenters. The van der Waals surface area contributed by atoms with Gasteiger partial charge in [-0.2, -0.15) is 0 Å². The Balaban J connectivity index is 1.66. The first kappa shape index (κ1) is 14.4. The Kier molecular flexibility index (Phi) is 6.01. The maximum atomic E-state index is 6.04. The van der Waals surface area contributed by atoms with E-state index in [4.69, 9.17) is 21.1 Å². The summed E-state index contributed by atoms with van der Waals surface area (Å²) in [6, 6.07) is 5.81. The first-order valence-electron chi connectivity index (χ1n) is 6.13. The minimum absolute atomic E-state index is 0.730. The molecule has 0 saturated carbocycles. The summed E-state index contributed by atoms with van der Waals surface area (Å²) in [6.07, 6.45) is 1.03. The summed E-state index contributed by atoms with van der Waals surface area (Å²) in [5.74, 6) is 0.849. The van der Waals surface area contributed by atoms with Crippen LogP contribution in [0.15, 0.2) is 18.2 Å². The summed E-state index contributed by atoms with van der Waals surface area (Å²) >= 11 is 8.25. The van der Waals surface area contributed by atoms with E-state index >= 15 is 0 Å². The summed E-state index contributed by atoms with van der Waals surface area (Å²) in [5, 5.41) is 0.751. The molecule has 18 heavy (non-hydrogen) atoms. The van der Waals surface area contributed by atoms with Crippen molar-refractivity contribution in [2.75, 3.05) is 39.5 Å². The topological polar surface area (TPSA) is 21.7 Å². The number of rotatable bonds is 5. The maximum absolute atomic E-state index is 6.04. The first-order valence-corrected chi connectivity index (χ1v) is 7.59. The van der Waals surface area contributed by atoms with Crippen molar-refractivity contribution in [3.05, 3.63) is 26.8 Å². The van der Waals surface area contributed by atoms with Gasteiger partial charge in [0.1, 0.15) is 5.75 Å². The van der Waals surface area contributed by atoms with E-state index in [1.807, 2.05) is 18.2 Å². The van der Waals surface area contributed by atoms with Gasteiger partial charge in [0.25, 0.3) is 0 Å². The second kappa shape index (κ2) is 7.53. The van der Waals surface area contributed by atoms with Gasteiger partial charge in [-0.05, 0) is 47.2 Å². The fourth-order valence-corrected chi connectivity index (χ4v) is 2.38. The van der Waals surface area contributed by atoms with Crippen molar-refractivity contribution >= 4 is 34.2 Å².